The number of nitrogens with one attached hydrogen (secondary N) is 1. The Hall–Kier alpha value is -0.830. The first-order valence-corrected chi connectivity index (χ1v) is 6.95. The number of hydrogen-bond donors (Lipinski definition) is 1. The van der Waals surface area contributed by atoms with E-state index in [1.54, 1.807) is 0 Å². The predicted molar refractivity (Wildman–Crippen MR) is 71.6 cm³/mol. The summed E-state index contributed by atoms with van der Waals surface area (Å²) in [5, 5.41) is 4.30. The van der Waals surface area contributed by atoms with Crippen molar-refractivity contribution in [1.82, 2.24) is 0 Å². The molecular formula is C13H19NOS. The molecule has 2 unspecified atom stereocenters. The molecule has 0 spiro atoms. The van der Waals surface area contributed by atoms with E-state index in [4.69, 9.17) is 4.74 Å². The van der Waals surface area contributed by atoms with E-state index in [1.807, 2.05) is 30.8 Å². The molecule has 1 fully saturated rings. The fourth-order valence-electron chi connectivity index (χ4n) is 1.95. The van der Waals surface area contributed by atoms with Gasteiger partial charge >= 0.3 is 0 Å². The van der Waals surface area contributed by atoms with Gasteiger partial charge in [0.15, 0.2) is 0 Å². The highest BCUT2D eigenvalue weighted by Crippen LogP contribution is 2.29. The van der Waals surface area contributed by atoms with Gasteiger partial charge in [0.2, 0.25) is 0 Å². The van der Waals surface area contributed by atoms with Gasteiger partial charge in [-0.25, -0.2) is 0 Å². The van der Waals surface area contributed by atoms with Crippen LogP contribution in [-0.4, -0.2) is 23.7 Å². The summed E-state index contributed by atoms with van der Waals surface area (Å²) in [6.07, 6.45) is 1.26. The van der Waals surface area contributed by atoms with Crippen molar-refractivity contribution >= 4 is 17.4 Å². The normalized spacial score (nSPS) is 24.4. The second-order valence-corrected chi connectivity index (χ2v) is 5.56. The number of ether oxygens (including phenoxy) is 1. The van der Waals surface area contributed by atoms with E-state index in [-0.39, 0.29) is 0 Å². The van der Waals surface area contributed by atoms with Crippen molar-refractivity contribution < 1.29 is 4.74 Å². The molecule has 1 aliphatic heterocycles. The van der Waals surface area contributed by atoms with E-state index in [2.05, 4.69) is 24.4 Å². The van der Waals surface area contributed by atoms with Gasteiger partial charge in [0.25, 0.3) is 0 Å². The molecule has 88 valence electrons. The van der Waals surface area contributed by atoms with Gasteiger partial charge < -0.3 is 10.1 Å². The van der Waals surface area contributed by atoms with Gasteiger partial charge in [-0.1, -0.05) is 6.92 Å². The first-order chi connectivity index (χ1) is 7.79. The molecule has 16 heavy (non-hydrogen) atoms. The number of anilines is 1. The van der Waals surface area contributed by atoms with Crippen LogP contribution in [0.15, 0.2) is 24.3 Å². The summed E-state index contributed by atoms with van der Waals surface area (Å²) in [5.41, 5.74) is 1.20. The Bertz CT molecular complexity index is 325. The Labute approximate surface area is 102 Å². The quantitative estimate of drug-likeness (QED) is 0.867. The second kappa shape index (κ2) is 5.48. The topological polar surface area (TPSA) is 21.3 Å². The third kappa shape index (κ3) is 2.85. The van der Waals surface area contributed by atoms with Crippen molar-refractivity contribution in [3.63, 3.8) is 0 Å². The van der Waals surface area contributed by atoms with E-state index in [1.165, 1.54) is 17.9 Å². The molecule has 1 aliphatic rings. The first-order valence-electron chi connectivity index (χ1n) is 5.90. The lowest BCUT2D eigenvalue weighted by atomic mass is 10.1. The molecule has 0 aliphatic carbocycles. The van der Waals surface area contributed by atoms with E-state index in [0.29, 0.717) is 11.3 Å². The summed E-state index contributed by atoms with van der Waals surface area (Å²) >= 11 is 2.05. The van der Waals surface area contributed by atoms with Gasteiger partial charge in [-0.15, -0.1) is 0 Å². The van der Waals surface area contributed by atoms with Crippen LogP contribution in [0.1, 0.15) is 20.3 Å². The Morgan fingerprint density at radius 3 is 2.69 bits per heavy atom. The molecule has 2 nitrogen and oxygen atoms in total. The summed E-state index contributed by atoms with van der Waals surface area (Å²) < 4.78 is 5.42. The maximum atomic E-state index is 5.42. The van der Waals surface area contributed by atoms with Crippen LogP contribution >= 0.6 is 11.8 Å². The van der Waals surface area contributed by atoms with Crippen LogP contribution in [0.4, 0.5) is 5.69 Å². The number of benzene rings is 1. The third-order valence-corrected chi connectivity index (χ3v) is 4.22. The average Bonchev–Trinajstić information content (AvgIpc) is 2.68. The maximum absolute atomic E-state index is 5.42. The fourth-order valence-corrected chi connectivity index (χ4v) is 3.15. The largest absolute Gasteiger partial charge is 0.494 e. The summed E-state index contributed by atoms with van der Waals surface area (Å²) in [5.74, 6) is 2.22. The third-order valence-electron chi connectivity index (χ3n) is 2.89. The summed E-state index contributed by atoms with van der Waals surface area (Å²) in [4.78, 5) is 0. The van der Waals surface area contributed by atoms with E-state index in [9.17, 15) is 0 Å². The zero-order chi connectivity index (χ0) is 11.4. The molecule has 2 atom stereocenters. The molecule has 0 aromatic heterocycles. The average molecular weight is 237 g/mol. The molecule has 0 radical (unpaired) electrons. The van der Waals surface area contributed by atoms with Crippen molar-refractivity contribution in [1.29, 1.82) is 0 Å². The Balaban J connectivity index is 1.94. The lowest BCUT2D eigenvalue weighted by Gasteiger charge is -2.18. The van der Waals surface area contributed by atoms with Crippen LogP contribution in [0.3, 0.4) is 0 Å². The maximum Gasteiger partial charge on any atom is 0.119 e. The summed E-state index contributed by atoms with van der Waals surface area (Å²) in [6, 6.07) is 8.86. The number of hydrogen-bond acceptors (Lipinski definition) is 3. The van der Waals surface area contributed by atoms with Crippen LogP contribution in [-0.2, 0) is 0 Å². The minimum absolute atomic E-state index is 0.614. The Morgan fingerprint density at radius 2 is 2.12 bits per heavy atom. The van der Waals surface area contributed by atoms with Gasteiger partial charge in [0.05, 0.1) is 6.61 Å². The molecule has 1 aromatic rings. The minimum atomic E-state index is 0.614. The van der Waals surface area contributed by atoms with Gasteiger partial charge in [0, 0.05) is 17.0 Å². The van der Waals surface area contributed by atoms with Crippen LogP contribution in [0.5, 0.6) is 5.75 Å². The zero-order valence-electron chi connectivity index (χ0n) is 9.90. The van der Waals surface area contributed by atoms with Gasteiger partial charge in [-0.3, -0.25) is 0 Å². The predicted octanol–water partition coefficient (Wildman–Crippen LogP) is 3.39. The highest BCUT2D eigenvalue weighted by atomic mass is 32.2. The van der Waals surface area contributed by atoms with Crippen LogP contribution in [0, 0.1) is 0 Å². The monoisotopic (exact) mass is 237 g/mol. The summed E-state index contributed by atoms with van der Waals surface area (Å²) in [6.45, 7) is 5.02. The molecule has 0 bridgehead atoms. The van der Waals surface area contributed by atoms with Crippen LogP contribution in [0.25, 0.3) is 0 Å². The SMILES string of the molecule is CCOc1ccc(NC2CCSC2C)cc1. The molecule has 1 heterocycles. The molecule has 1 aromatic carbocycles. The summed E-state index contributed by atoms with van der Waals surface area (Å²) in [7, 11) is 0. The standard InChI is InChI=1S/C13H19NOS/c1-3-15-12-6-4-11(5-7-12)14-13-8-9-16-10(13)2/h4-7,10,13-14H,3,8-9H2,1-2H3. The highest BCUT2D eigenvalue weighted by molar-refractivity contribution is 8.00. The van der Waals surface area contributed by atoms with Gasteiger partial charge in [-0.05, 0) is 43.4 Å². The smallest absolute Gasteiger partial charge is 0.119 e. The van der Waals surface area contributed by atoms with Crippen molar-refractivity contribution in [3.05, 3.63) is 24.3 Å². The highest BCUT2D eigenvalue weighted by Gasteiger charge is 2.23. The van der Waals surface area contributed by atoms with Crippen molar-refractivity contribution in [3.8, 4) is 5.75 Å². The van der Waals surface area contributed by atoms with E-state index >= 15 is 0 Å². The van der Waals surface area contributed by atoms with Gasteiger partial charge in [0.1, 0.15) is 5.75 Å². The molecule has 0 amide bonds. The van der Waals surface area contributed by atoms with E-state index in [0.717, 1.165) is 12.4 Å². The molecule has 2 rings (SSSR count). The van der Waals surface area contributed by atoms with Crippen molar-refractivity contribution in [2.75, 3.05) is 17.7 Å². The molecule has 3 heteroatoms. The molecule has 0 saturated carbocycles. The number of rotatable bonds is 4. The Kier molecular flexibility index (Phi) is 3.99. The molecule has 1 N–H and O–H groups in total. The van der Waals surface area contributed by atoms with Crippen LogP contribution in [0.2, 0.25) is 0 Å². The van der Waals surface area contributed by atoms with Crippen molar-refractivity contribution in [2.45, 2.75) is 31.6 Å². The van der Waals surface area contributed by atoms with Crippen molar-refractivity contribution in [2.24, 2.45) is 0 Å². The molecule has 1 saturated heterocycles. The lowest BCUT2D eigenvalue weighted by Crippen LogP contribution is -2.24. The van der Waals surface area contributed by atoms with Crippen LogP contribution < -0.4 is 10.1 Å². The van der Waals surface area contributed by atoms with Gasteiger partial charge in [-0.2, -0.15) is 11.8 Å². The molecular weight excluding hydrogens is 218 g/mol. The zero-order valence-corrected chi connectivity index (χ0v) is 10.7. The lowest BCUT2D eigenvalue weighted by molar-refractivity contribution is 0.340. The second-order valence-electron chi connectivity index (χ2n) is 4.07. The first kappa shape index (κ1) is 11.6. The Morgan fingerprint density at radius 1 is 1.38 bits per heavy atom. The number of thioether (sulfide) groups is 1. The van der Waals surface area contributed by atoms with E-state index < -0.39 is 0 Å². The minimum Gasteiger partial charge on any atom is -0.494 e. The fraction of sp³-hybridized carbons (Fsp3) is 0.538.